The summed E-state index contributed by atoms with van der Waals surface area (Å²) in [6.07, 6.45) is 6.99. The van der Waals surface area contributed by atoms with E-state index in [2.05, 4.69) is 39.3 Å². The first kappa shape index (κ1) is 16.8. The number of urea groups is 1. The molecule has 23 heavy (non-hydrogen) atoms. The summed E-state index contributed by atoms with van der Waals surface area (Å²) in [6.45, 7) is 8.61. The Hall–Kier alpha value is -2.57. The van der Waals surface area contributed by atoms with Gasteiger partial charge in [-0.2, -0.15) is 0 Å². The molecule has 2 heterocycles. The fourth-order valence-electron chi connectivity index (χ4n) is 2.34. The van der Waals surface area contributed by atoms with Crippen LogP contribution in [0.1, 0.15) is 20.8 Å². The molecule has 2 aromatic rings. The summed E-state index contributed by atoms with van der Waals surface area (Å²) in [5, 5.41) is 5.69. The highest BCUT2D eigenvalue weighted by atomic mass is 16.2. The molecule has 124 valence electrons. The van der Waals surface area contributed by atoms with Crippen LogP contribution in [0, 0.1) is 0 Å². The van der Waals surface area contributed by atoms with E-state index in [0.29, 0.717) is 12.2 Å². The summed E-state index contributed by atoms with van der Waals surface area (Å²) in [5.41, 5.74) is 0.674. The maximum Gasteiger partial charge on any atom is 0.319 e. The van der Waals surface area contributed by atoms with E-state index >= 15 is 0 Å². The number of aromatic nitrogens is 3. The van der Waals surface area contributed by atoms with Gasteiger partial charge in [0, 0.05) is 38.1 Å². The molecule has 0 saturated heterocycles. The highest BCUT2D eigenvalue weighted by molar-refractivity contribution is 5.89. The van der Waals surface area contributed by atoms with Crippen molar-refractivity contribution in [2.75, 3.05) is 23.3 Å². The van der Waals surface area contributed by atoms with Gasteiger partial charge in [0.25, 0.3) is 0 Å². The van der Waals surface area contributed by atoms with Crippen LogP contribution in [0.5, 0.6) is 0 Å². The first-order valence-corrected chi connectivity index (χ1v) is 7.86. The Morgan fingerprint density at radius 1 is 1.35 bits per heavy atom. The Morgan fingerprint density at radius 2 is 2.13 bits per heavy atom. The molecular formula is C16H24N6O. The normalized spacial score (nSPS) is 11.8. The molecule has 2 rings (SSSR count). The Balaban J connectivity index is 1.85. The summed E-state index contributed by atoms with van der Waals surface area (Å²) in [4.78, 5) is 22.5. The standard InChI is InChI=1S/C16H24N6O/c1-4-22(5-2)15-7-6-14(10-18-15)20-16(23)19-13(3)11-21-9-8-17-12-21/h6-10,12-13H,4-5,11H2,1-3H3,(H2,19,20,23)/t13-/m0/s1. The van der Waals surface area contributed by atoms with Gasteiger partial charge in [-0.25, -0.2) is 14.8 Å². The van der Waals surface area contributed by atoms with Crippen LogP contribution in [-0.2, 0) is 6.54 Å². The van der Waals surface area contributed by atoms with Gasteiger partial charge in [-0.15, -0.1) is 0 Å². The lowest BCUT2D eigenvalue weighted by molar-refractivity contribution is 0.248. The SMILES string of the molecule is CCN(CC)c1ccc(NC(=O)N[C@@H](C)Cn2ccnc2)cn1. The first-order valence-electron chi connectivity index (χ1n) is 7.86. The fourth-order valence-corrected chi connectivity index (χ4v) is 2.34. The highest BCUT2D eigenvalue weighted by Crippen LogP contribution is 2.13. The number of pyridine rings is 1. The molecule has 7 heteroatoms. The van der Waals surface area contributed by atoms with Crippen molar-refractivity contribution in [3.05, 3.63) is 37.1 Å². The second kappa shape index (κ2) is 8.17. The maximum absolute atomic E-state index is 12.0. The van der Waals surface area contributed by atoms with Crippen LogP contribution in [0.4, 0.5) is 16.3 Å². The maximum atomic E-state index is 12.0. The van der Waals surface area contributed by atoms with E-state index < -0.39 is 0 Å². The monoisotopic (exact) mass is 316 g/mol. The lowest BCUT2D eigenvalue weighted by atomic mass is 10.3. The van der Waals surface area contributed by atoms with Gasteiger partial charge < -0.3 is 20.1 Å². The van der Waals surface area contributed by atoms with E-state index in [4.69, 9.17) is 0 Å². The largest absolute Gasteiger partial charge is 0.357 e. The smallest absolute Gasteiger partial charge is 0.319 e. The minimum atomic E-state index is -0.241. The van der Waals surface area contributed by atoms with E-state index in [-0.39, 0.29) is 12.1 Å². The third-order valence-electron chi connectivity index (χ3n) is 3.51. The van der Waals surface area contributed by atoms with Gasteiger partial charge in [-0.3, -0.25) is 0 Å². The molecule has 0 aliphatic heterocycles. The van der Waals surface area contributed by atoms with Gasteiger partial charge in [-0.05, 0) is 32.9 Å². The molecule has 0 radical (unpaired) electrons. The zero-order valence-corrected chi connectivity index (χ0v) is 13.9. The topological polar surface area (TPSA) is 75.1 Å². The number of nitrogens with one attached hydrogen (secondary N) is 2. The Labute approximate surface area is 136 Å². The summed E-state index contributed by atoms with van der Waals surface area (Å²) in [6, 6.07) is 3.53. The quantitative estimate of drug-likeness (QED) is 0.822. The lowest BCUT2D eigenvalue weighted by Crippen LogP contribution is -2.38. The van der Waals surface area contributed by atoms with Crippen molar-refractivity contribution in [2.24, 2.45) is 0 Å². The van der Waals surface area contributed by atoms with Crippen molar-refractivity contribution in [1.29, 1.82) is 0 Å². The van der Waals surface area contributed by atoms with Crippen LogP contribution in [-0.4, -0.2) is 39.7 Å². The zero-order chi connectivity index (χ0) is 16.7. The van der Waals surface area contributed by atoms with E-state index in [1.807, 2.05) is 29.8 Å². The van der Waals surface area contributed by atoms with E-state index in [1.165, 1.54) is 0 Å². The average Bonchev–Trinajstić information content (AvgIpc) is 3.02. The predicted octanol–water partition coefficient (Wildman–Crippen LogP) is 2.33. The van der Waals surface area contributed by atoms with Crippen LogP contribution in [0.2, 0.25) is 0 Å². The Kier molecular flexibility index (Phi) is 5.96. The number of nitrogens with zero attached hydrogens (tertiary/aromatic N) is 4. The van der Waals surface area contributed by atoms with Crippen molar-refractivity contribution < 1.29 is 4.79 Å². The van der Waals surface area contributed by atoms with Gasteiger partial charge >= 0.3 is 6.03 Å². The van der Waals surface area contributed by atoms with Crippen LogP contribution < -0.4 is 15.5 Å². The molecule has 0 fully saturated rings. The molecule has 0 aliphatic rings. The number of imidazole rings is 1. The molecule has 0 saturated carbocycles. The second-order valence-corrected chi connectivity index (χ2v) is 5.34. The van der Waals surface area contributed by atoms with Gasteiger partial charge in [0.05, 0.1) is 18.2 Å². The van der Waals surface area contributed by atoms with E-state index in [1.54, 1.807) is 18.7 Å². The summed E-state index contributed by atoms with van der Waals surface area (Å²) in [7, 11) is 0. The number of carbonyl (C=O) groups excluding carboxylic acids is 1. The van der Waals surface area contributed by atoms with Gasteiger partial charge in [0.1, 0.15) is 5.82 Å². The fraction of sp³-hybridized carbons (Fsp3) is 0.438. The molecule has 0 aromatic carbocycles. The molecule has 2 aromatic heterocycles. The van der Waals surface area contributed by atoms with Gasteiger partial charge in [-0.1, -0.05) is 0 Å². The molecule has 0 bridgehead atoms. The van der Waals surface area contributed by atoms with Gasteiger partial charge in [0.2, 0.25) is 0 Å². The lowest BCUT2D eigenvalue weighted by Gasteiger charge is -2.20. The number of amides is 2. The van der Waals surface area contributed by atoms with Crippen molar-refractivity contribution in [2.45, 2.75) is 33.4 Å². The van der Waals surface area contributed by atoms with Crippen LogP contribution >= 0.6 is 0 Å². The van der Waals surface area contributed by atoms with Crippen molar-refractivity contribution in [3.8, 4) is 0 Å². The molecule has 7 nitrogen and oxygen atoms in total. The summed E-state index contributed by atoms with van der Waals surface area (Å²) < 4.78 is 1.92. The van der Waals surface area contributed by atoms with Crippen LogP contribution in [0.15, 0.2) is 37.1 Å². The number of anilines is 2. The summed E-state index contributed by atoms with van der Waals surface area (Å²) >= 11 is 0. The Bertz CT molecular complexity index is 592. The third kappa shape index (κ3) is 4.98. The first-order chi connectivity index (χ1) is 11.1. The predicted molar refractivity (Wildman–Crippen MR) is 91.6 cm³/mol. The molecular weight excluding hydrogens is 292 g/mol. The van der Waals surface area contributed by atoms with Gasteiger partial charge in [0.15, 0.2) is 0 Å². The van der Waals surface area contributed by atoms with E-state index in [9.17, 15) is 4.79 Å². The number of hydrogen-bond acceptors (Lipinski definition) is 4. The molecule has 0 aliphatic carbocycles. The summed E-state index contributed by atoms with van der Waals surface area (Å²) in [5.74, 6) is 0.912. The third-order valence-corrected chi connectivity index (χ3v) is 3.51. The molecule has 2 amide bonds. The molecule has 0 spiro atoms. The Morgan fingerprint density at radius 3 is 2.70 bits per heavy atom. The average molecular weight is 316 g/mol. The minimum Gasteiger partial charge on any atom is -0.357 e. The van der Waals surface area contributed by atoms with E-state index in [0.717, 1.165) is 18.9 Å². The van der Waals surface area contributed by atoms with Crippen molar-refractivity contribution >= 4 is 17.5 Å². The molecule has 1 atom stereocenters. The number of rotatable bonds is 7. The highest BCUT2D eigenvalue weighted by Gasteiger charge is 2.09. The molecule has 2 N–H and O–H groups in total. The van der Waals surface area contributed by atoms with Crippen LogP contribution in [0.3, 0.4) is 0 Å². The van der Waals surface area contributed by atoms with Crippen LogP contribution in [0.25, 0.3) is 0 Å². The van der Waals surface area contributed by atoms with Crippen molar-refractivity contribution in [1.82, 2.24) is 19.9 Å². The molecule has 0 unspecified atom stereocenters. The minimum absolute atomic E-state index is 0.00731. The van der Waals surface area contributed by atoms with Crippen molar-refractivity contribution in [3.63, 3.8) is 0 Å². The number of hydrogen-bond donors (Lipinski definition) is 2. The second-order valence-electron chi connectivity index (χ2n) is 5.34. The number of carbonyl (C=O) groups is 1. The zero-order valence-electron chi connectivity index (χ0n) is 13.9.